The van der Waals surface area contributed by atoms with E-state index in [0.29, 0.717) is 38.4 Å². The van der Waals surface area contributed by atoms with Crippen molar-refractivity contribution in [1.29, 1.82) is 0 Å². The summed E-state index contributed by atoms with van der Waals surface area (Å²) in [5.74, 6) is -4.70. The van der Waals surface area contributed by atoms with Crippen LogP contribution in [0.2, 0.25) is 10.0 Å². The summed E-state index contributed by atoms with van der Waals surface area (Å²) in [4.78, 5) is 79.0. The summed E-state index contributed by atoms with van der Waals surface area (Å²) in [6, 6.07) is 4.53. The Hall–Kier alpha value is -3.65. The number of benzene rings is 2. The maximum Gasteiger partial charge on any atom is 0.355 e. The lowest BCUT2D eigenvalue weighted by Gasteiger charge is -2.15. The lowest BCUT2D eigenvalue weighted by atomic mass is 10.1. The molecule has 63 heavy (non-hydrogen) atoms. The molecule has 350 valence electrons. The number of alkyl halides is 3. The normalized spacial score (nSPS) is 13.7. The molecule has 0 bridgehead atoms. The number of esters is 1. The van der Waals surface area contributed by atoms with Crippen LogP contribution >= 0.6 is 65.5 Å². The van der Waals surface area contributed by atoms with Gasteiger partial charge < -0.3 is 29.3 Å². The number of aryl methyl sites for hydroxylation is 1. The first kappa shape index (κ1) is 55.5. The number of aromatic nitrogens is 5. The molecule has 18 nitrogen and oxygen atoms in total. The molecule has 0 spiro atoms. The molecule has 0 radical (unpaired) electrons. The molecular formula is C34H41Cl3F4N7O11PS3. The summed E-state index contributed by atoms with van der Waals surface area (Å²) in [5.41, 5.74) is -1.46. The third kappa shape index (κ3) is 18.0. The number of carboxylic acids is 2. The van der Waals surface area contributed by atoms with Crippen molar-refractivity contribution in [2.45, 2.75) is 56.1 Å². The van der Waals surface area contributed by atoms with E-state index in [1.807, 2.05) is 5.32 Å². The molecule has 2 atom stereocenters. The smallest absolute Gasteiger partial charge is 0.355 e. The fourth-order valence-corrected chi connectivity index (χ4v) is 7.55. The van der Waals surface area contributed by atoms with Gasteiger partial charge in [-0.2, -0.15) is 13.5 Å². The van der Waals surface area contributed by atoms with Crippen LogP contribution in [-0.4, -0.2) is 107 Å². The van der Waals surface area contributed by atoms with Crippen LogP contribution in [0.5, 0.6) is 0 Å². The Kier molecular flexibility index (Phi) is 22.7. The maximum atomic E-state index is 14.3. The number of halogens is 7. The lowest BCUT2D eigenvalue weighted by molar-refractivity contribution is -0.193. The summed E-state index contributed by atoms with van der Waals surface area (Å²) in [6.07, 6.45) is 7.51. The Labute approximate surface area is 381 Å². The number of hydrogen-bond acceptors (Lipinski definition) is 13. The average Bonchev–Trinajstić information content (AvgIpc) is 3.65. The number of fused-ring (bicyclic) bond motifs is 1. The van der Waals surface area contributed by atoms with Gasteiger partial charge in [-0.1, -0.05) is 23.2 Å². The number of carbonyl (C=O) groups is 3. The third-order valence-corrected chi connectivity index (χ3v) is 11.1. The quantitative estimate of drug-likeness (QED) is 0.0366. The Balaban J connectivity index is 0.000000335. The van der Waals surface area contributed by atoms with Crippen molar-refractivity contribution in [3.8, 4) is 5.69 Å². The van der Waals surface area contributed by atoms with Gasteiger partial charge in [0, 0.05) is 29.4 Å². The lowest BCUT2D eigenvalue weighted by Crippen LogP contribution is -2.31. The molecule has 2 aromatic heterocycles. The first-order valence-electron chi connectivity index (χ1n) is 17.6. The third-order valence-electron chi connectivity index (χ3n) is 7.46. The molecule has 3 heterocycles. The van der Waals surface area contributed by atoms with Gasteiger partial charge in [0.15, 0.2) is 5.82 Å². The first-order chi connectivity index (χ1) is 29.3. The highest BCUT2D eigenvalue weighted by Gasteiger charge is 2.23. The predicted octanol–water partition coefficient (Wildman–Crippen LogP) is 4.22. The molecule has 0 fully saturated rings. The Morgan fingerprint density at radius 2 is 1.65 bits per heavy atom. The van der Waals surface area contributed by atoms with Gasteiger partial charge in [0.1, 0.15) is 36.0 Å². The van der Waals surface area contributed by atoms with E-state index in [1.165, 1.54) is 13.2 Å². The maximum absolute atomic E-state index is 14.3. The summed E-state index contributed by atoms with van der Waals surface area (Å²) in [7, 11) is -2.41. The molecule has 4 aromatic rings. The standard InChI is InChI=1S/C15H15ClFN3O3S2.C13H10Cl2F3N3O3.C3H8NO5P.C3H9S/c1-23-13(21)8-24-12-7-11(10(17)6-9(12)16)18-14-19-4-2-3-5-20(19)15(22)25-14;1-5-19-21(13(24)20(5)12(17)18)10-3-6(2-8(15)11(22)23)7(14)4-9(10)16;5-3(6)1-4-2-10(7,8)9;1-4(2)3/h6-7H,2-5,8H2,1H3;3-4,8,12H,2H2,1H3,(H,22,23);4H,1-2H2,(H,5,6)(H2,7,8,9);1-3H3/q;;;+1/p-1/b18-14-;;;. The van der Waals surface area contributed by atoms with Crippen LogP contribution in [0.1, 0.15) is 30.8 Å². The Bertz CT molecular complexity index is 2480. The molecule has 1 aliphatic heterocycles. The van der Waals surface area contributed by atoms with Crippen molar-refractivity contribution in [1.82, 2.24) is 29.0 Å². The second kappa shape index (κ2) is 25.7. The van der Waals surface area contributed by atoms with Gasteiger partial charge in [-0.25, -0.2) is 27.8 Å². The molecule has 0 amide bonds. The molecule has 29 heteroatoms. The van der Waals surface area contributed by atoms with Gasteiger partial charge in [-0.05, 0) is 71.8 Å². The minimum absolute atomic E-state index is 0.0605. The monoisotopic (exact) mass is 1030 g/mol. The van der Waals surface area contributed by atoms with Crippen LogP contribution in [0.3, 0.4) is 0 Å². The molecular weight excluding hydrogens is 992 g/mol. The van der Waals surface area contributed by atoms with Crippen molar-refractivity contribution in [3.05, 3.63) is 82.3 Å². The van der Waals surface area contributed by atoms with Crippen LogP contribution in [0.15, 0.2) is 43.7 Å². The van der Waals surface area contributed by atoms with Crippen LogP contribution in [-0.2, 0) is 54.1 Å². The minimum Gasteiger partial charge on any atom is -0.778 e. The number of carbonyl (C=O) groups excluding carboxylic acids is 1. The average molecular weight is 1030 g/mol. The van der Waals surface area contributed by atoms with Crippen molar-refractivity contribution in [2.24, 2.45) is 4.99 Å². The summed E-state index contributed by atoms with van der Waals surface area (Å²) < 4.78 is 72.5. The SMILES string of the molecule is COC(=O)CSc1cc(/N=c2\sc(=O)n3n2CCCC3)c(F)cc1Cl.C[S+](C)C.Cc1nn(-c2cc(CC(Cl)C(=O)O)c(Cl)cc2F)c(=O)n1C(F)F.O=C(O)CNCP(=O)([O-])O. The van der Waals surface area contributed by atoms with E-state index in [1.54, 1.807) is 9.36 Å². The number of carboxylic acid groups (broad SMARTS) is 2. The molecule has 2 unspecified atom stereocenters. The van der Waals surface area contributed by atoms with Crippen LogP contribution < -0.4 is 25.6 Å². The topological polar surface area (TPSA) is 252 Å². The molecule has 2 aromatic carbocycles. The number of rotatable bonds is 13. The largest absolute Gasteiger partial charge is 0.778 e. The Morgan fingerprint density at radius 1 is 1.06 bits per heavy atom. The first-order valence-corrected chi connectivity index (χ1v) is 24.8. The van der Waals surface area contributed by atoms with E-state index in [2.05, 4.69) is 33.6 Å². The molecule has 4 N–H and O–H groups in total. The molecule has 0 saturated carbocycles. The number of aliphatic carboxylic acids is 2. The van der Waals surface area contributed by atoms with E-state index >= 15 is 0 Å². The molecule has 1 aliphatic rings. The number of nitrogens with zero attached hydrogens (tertiary/aromatic N) is 6. The van der Waals surface area contributed by atoms with Crippen molar-refractivity contribution in [3.63, 3.8) is 0 Å². The summed E-state index contributed by atoms with van der Waals surface area (Å²) >= 11 is 19.6. The van der Waals surface area contributed by atoms with E-state index in [-0.39, 0.29) is 48.7 Å². The fourth-order valence-electron chi connectivity index (χ4n) is 4.77. The Morgan fingerprint density at radius 3 is 2.17 bits per heavy atom. The number of hydrogen-bond donors (Lipinski definition) is 4. The van der Waals surface area contributed by atoms with Gasteiger partial charge in [0.25, 0.3) is 0 Å². The highest BCUT2D eigenvalue weighted by Crippen LogP contribution is 2.33. The van der Waals surface area contributed by atoms with E-state index in [9.17, 15) is 51.0 Å². The van der Waals surface area contributed by atoms with Gasteiger partial charge in [-0.3, -0.25) is 29.2 Å². The van der Waals surface area contributed by atoms with Crippen LogP contribution in [0.25, 0.3) is 5.69 Å². The second-order valence-electron chi connectivity index (χ2n) is 12.9. The van der Waals surface area contributed by atoms with E-state index in [4.69, 9.17) is 49.9 Å². The zero-order chi connectivity index (χ0) is 47.9. The van der Waals surface area contributed by atoms with E-state index < -0.39 is 73.3 Å². The molecule has 0 aliphatic carbocycles. The highest BCUT2D eigenvalue weighted by atomic mass is 35.5. The fraction of sp³-hybridized carbons (Fsp3) is 0.441. The van der Waals surface area contributed by atoms with Gasteiger partial charge in [0.05, 0.1) is 49.5 Å². The zero-order valence-electron chi connectivity index (χ0n) is 33.7. The predicted molar refractivity (Wildman–Crippen MR) is 230 cm³/mol. The van der Waals surface area contributed by atoms with Crippen molar-refractivity contribution in [2.75, 3.05) is 44.5 Å². The number of thioether (sulfide) groups is 1. The minimum atomic E-state index is -4.35. The highest BCUT2D eigenvalue weighted by molar-refractivity contribution is 8.00. The summed E-state index contributed by atoms with van der Waals surface area (Å²) in [5, 5.41) is 21.1. The number of nitrogens with one attached hydrogen (secondary N) is 1. The van der Waals surface area contributed by atoms with E-state index in [0.717, 1.165) is 61.1 Å². The van der Waals surface area contributed by atoms with Gasteiger partial charge in [0.2, 0.25) is 4.80 Å². The number of ether oxygens (including phenoxy) is 1. The van der Waals surface area contributed by atoms with Gasteiger partial charge >= 0.3 is 35.0 Å². The van der Waals surface area contributed by atoms with Gasteiger partial charge in [-0.15, -0.1) is 28.5 Å². The zero-order valence-corrected chi connectivity index (χ0v) is 39.3. The van der Waals surface area contributed by atoms with Crippen LogP contribution in [0.4, 0.5) is 23.2 Å². The van der Waals surface area contributed by atoms with Crippen molar-refractivity contribution < 1.29 is 61.2 Å². The summed E-state index contributed by atoms with van der Waals surface area (Å²) in [6.45, 7) is -1.13. The van der Waals surface area contributed by atoms with Crippen LogP contribution in [0, 0.1) is 18.6 Å². The molecule has 5 rings (SSSR count). The number of methoxy groups -OCH3 is 1. The van der Waals surface area contributed by atoms with Crippen molar-refractivity contribution >= 4 is 100.0 Å². The second-order valence-corrected chi connectivity index (χ2v) is 20.3. The molecule has 0 saturated heterocycles.